The van der Waals surface area contributed by atoms with Gasteiger partial charge in [0.05, 0.1) is 0 Å². The highest BCUT2D eigenvalue weighted by atomic mass is 35.5. The van der Waals surface area contributed by atoms with Gasteiger partial charge in [0.25, 0.3) is 0 Å². The van der Waals surface area contributed by atoms with Crippen LogP contribution in [0.25, 0.3) is 0 Å². The Labute approximate surface area is 72.6 Å². The Balaban J connectivity index is 0.00000121. The van der Waals surface area contributed by atoms with Gasteiger partial charge in [-0.1, -0.05) is 0 Å². The molecule has 3 N–H and O–H groups in total. The third-order valence-corrected chi connectivity index (χ3v) is 1.03. The minimum atomic E-state index is -1.26. The van der Waals surface area contributed by atoms with Crippen molar-refractivity contribution < 1.29 is 19.8 Å². The first-order valence-electron chi connectivity index (χ1n) is 2.63. The summed E-state index contributed by atoms with van der Waals surface area (Å²) >= 11 is 0. The van der Waals surface area contributed by atoms with Gasteiger partial charge in [-0.05, 0) is 0 Å². The molecule has 6 nitrogen and oxygen atoms in total. The van der Waals surface area contributed by atoms with Crippen molar-refractivity contribution in [1.29, 1.82) is 0 Å². The van der Waals surface area contributed by atoms with Crippen molar-refractivity contribution in [1.82, 2.24) is 10.2 Å². The van der Waals surface area contributed by atoms with Crippen LogP contribution < -0.4 is 0 Å². The number of aromatic amines is 1. The Hall–Kier alpha value is -1.56. The molecule has 0 unspecified atom stereocenters. The van der Waals surface area contributed by atoms with Crippen molar-refractivity contribution in [3.63, 3.8) is 0 Å². The van der Waals surface area contributed by atoms with E-state index in [1.54, 1.807) is 0 Å². The summed E-state index contributed by atoms with van der Waals surface area (Å²) in [6, 6.07) is 0.949. The molecule has 0 amide bonds. The number of hydrogen-bond donors (Lipinski definition) is 3. The Morgan fingerprint density at radius 3 is 2.17 bits per heavy atom. The van der Waals surface area contributed by atoms with E-state index in [0.29, 0.717) is 0 Å². The lowest BCUT2D eigenvalue weighted by atomic mass is 10.3. The molecular weight excluding hydrogens is 188 g/mol. The molecule has 0 aliphatic carbocycles. The lowest BCUT2D eigenvalue weighted by Gasteiger charge is -1.80. The molecule has 66 valence electrons. The van der Waals surface area contributed by atoms with Crippen molar-refractivity contribution in [3.05, 3.63) is 17.5 Å². The SMILES string of the molecule is Cl.O=C(O)c1cc(C(=O)O)[nH]n1. The average Bonchev–Trinajstić information content (AvgIpc) is 2.33. The van der Waals surface area contributed by atoms with Gasteiger partial charge in [0.15, 0.2) is 5.69 Å². The maximum absolute atomic E-state index is 10.2. The first-order valence-corrected chi connectivity index (χ1v) is 2.63. The highest BCUT2D eigenvalue weighted by Gasteiger charge is 2.11. The molecule has 0 radical (unpaired) electrons. The number of hydrogen-bond acceptors (Lipinski definition) is 3. The number of carboxylic acids is 2. The van der Waals surface area contributed by atoms with Gasteiger partial charge in [-0.25, -0.2) is 9.59 Å². The summed E-state index contributed by atoms with van der Waals surface area (Å²) in [6.45, 7) is 0. The monoisotopic (exact) mass is 192 g/mol. The number of nitrogens with one attached hydrogen (secondary N) is 1. The van der Waals surface area contributed by atoms with Crippen molar-refractivity contribution in [2.75, 3.05) is 0 Å². The highest BCUT2D eigenvalue weighted by molar-refractivity contribution is 5.91. The molecule has 12 heavy (non-hydrogen) atoms. The van der Waals surface area contributed by atoms with Crippen LogP contribution in [-0.4, -0.2) is 32.3 Å². The topological polar surface area (TPSA) is 103 Å². The predicted octanol–water partition coefficient (Wildman–Crippen LogP) is 0.228. The molecule has 0 spiro atoms. The number of halogens is 1. The van der Waals surface area contributed by atoms with Crippen LogP contribution in [0.15, 0.2) is 6.07 Å². The van der Waals surface area contributed by atoms with Crippen molar-refractivity contribution in [2.24, 2.45) is 0 Å². The molecule has 0 aliphatic heterocycles. The fourth-order valence-corrected chi connectivity index (χ4v) is 0.541. The summed E-state index contributed by atoms with van der Waals surface area (Å²) in [5, 5.41) is 21.9. The van der Waals surface area contributed by atoms with Crippen LogP contribution in [0.1, 0.15) is 21.0 Å². The van der Waals surface area contributed by atoms with Gasteiger partial charge in [0.1, 0.15) is 5.69 Å². The zero-order chi connectivity index (χ0) is 8.43. The number of carboxylic acid groups (broad SMARTS) is 2. The van der Waals surface area contributed by atoms with E-state index in [2.05, 4.69) is 10.2 Å². The highest BCUT2D eigenvalue weighted by Crippen LogP contribution is 1.98. The van der Waals surface area contributed by atoms with Crippen LogP contribution in [0.2, 0.25) is 0 Å². The molecule has 0 fully saturated rings. The molecule has 1 rings (SSSR count). The van der Waals surface area contributed by atoms with Crippen molar-refractivity contribution in [3.8, 4) is 0 Å². The fourth-order valence-electron chi connectivity index (χ4n) is 0.541. The second kappa shape index (κ2) is 3.72. The maximum atomic E-state index is 10.2. The molecule has 0 saturated heterocycles. The Kier molecular flexibility index (Phi) is 3.24. The van der Waals surface area contributed by atoms with Gasteiger partial charge in [0.2, 0.25) is 0 Å². The number of aromatic nitrogens is 2. The molecule has 0 saturated carbocycles. The summed E-state index contributed by atoms with van der Waals surface area (Å²) < 4.78 is 0. The van der Waals surface area contributed by atoms with E-state index in [-0.39, 0.29) is 23.8 Å². The first-order chi connectivity index (χ1) is 5.11. The molecule has 1 aromatic heterocycles. The molecule has 0 bridgehead atoms. The summed E-state index contributed by atoms with van der Waals surface area (Å²) in [5.41, 5.74) is -0.537. The second-order valence-electron chi connectivity index (χ2n) is 1.78. The van der Waals surface area contributed by atoms with Crippen LogP contribution in [0.4, 0.5) is 0 Å². The van der Waals surface area contributed by atoms with E-state index in [4.69, 9.17) is 10.2 Å². The molecular formula is C5H5ClN2O4. The Bertz CT molecular complexity index is 280. The van der Waals surface area contributed by atoms with Gasteiger partial charge in [-0.2, -0.15) is 5.10 Å². The number of rotatable bonds is 2. The van der Waals surface area contributed by atoms with E-state index < -0.39 is 11.9 Å². The third kappa shape index (κ3) is 1.96. The summed E-state index contributed by atoms with van der Waals surface area (Å²) in [5.74, 6) is -2.49. The van der Waals surface area contributed by atoms with E-state index in [9.17, 15) is 9.59 Å². The third-order valence-electron chi connectivity index (χ3n) is 1.03. The summed E-state index contributed by atoms with van der Waals surface area (Å²) in [7, 11) is 0. The van der Waals surface area contributed by atoms with Gasteiger partial charge in [0, 0.05) is 6.07 Å². The largest absolute Gasteiger partial charge is 0.477 e. The Morgan fingerprint density at radius 1 is 1.33 bits per heavy atom. The average molecular weight is 193 g/mol. The smallest absolute Gasteiger partial charge is 0.356 e. The number of nitrogens with zero attached hydrogens (tertiary/aromatic N) is 1. The van der Waals surface area contributed by atoms with Crippen molar-refractivity contribution >= 4 is 24.3 Å². The summed E-state index contributed by atoms with van der Waals surface area (Å²) in [4.78, 5) is 20.3. The normalized spacial score (nSPS) is 8.67. The predicted molar refractivity (Wildman–Crippen MR) is 39.8 cm³/mol. The van der Waals surface area contributed by atoms with E-state index >= 15 is 0 Å². The molecule has 1 aromatic rings. The zero-order valence-electron chi connectivity index (χ0n) is 5.64. The van der Waals surface area contributed by atoms with Gasteiger partial charge >= 0.3 is 11.9 Å². The quantitative estimate of drug-likeness (QED) is 0.622. The van der Waals surface area contributed by atoms with Crippen LogP contribution in [0.5, 0.6) is 0 Å². The van der Waals surface area contributed by atoms with Crippen LogP contribution in [0, 0.1) is 0 Å². The molecule has 1 heterocycles. The molecule has 0 aliphatic rings. The van der Waals surface area contributed by atoms with Gasteiger partial charge in [-0.3, -0.25) is 5.10 Å². The van der Waals surface area contributed by atoms with Crippen LogP contribution in [-0.2, 0) is 0 Å². The van der Waals surface area contributed by atoms with Crippen LogP contribution in [0.3, 0.4) is 0 Å². The number of H-pyrrole nitrogens is 1. The standard InChI is InChI=1S/C5H4N2O4.ClH/c8-4(9)2-1-3(5(10)11)7-6-2;/h1H,(H,6,7)(H,8,9)(H,10,11);1H. The Morgan fingerprint density at radius 2 is 1.92 bits per heavy atom. The summed E-state index contributed by atoms with van der Waals surface area (Å²) in [6.07, 6.45) is 0. The van der Waals surface area contributed by atoms with Crippen molar-refractivity contribution in [2.45, 2.75) is 0 Å². The second-order valence-corrected chi connectivity index (χ2v) is 1.78. The number of carbonyl (C=O) groups is 2. The zero-order valence-corrected chi connectivity index (χ0v) is 6.46. The molecule has 0 atom stereocenters. The lowest BCUT2D eigenvalue weighted by molar-refractivity contribution is 0.0683. The van der Waals surface area contributed by atoms with E-state index in [1.165, 1.54) is 0 Å². The maximum Gasteiger partial charge on any atom is 0.356 e. The fraction of sp³-hybridized carbons (Fsp3) is 0. The van der Waals surface area contributed by atoms with Gasteiger partial charge in [-0.15, -0.1) is 12.4 Å². The molecule has 0 aromatic carbocycles. The minimum absolute atomic E-state index is 0. The lowest BCUT2D eigenvalue weighted by Crippen LogP contribution is -1.96. The first kappa shape index (κ1) is 10.4. The number of aromatic carboxylic acids is 2. The van der Waals surface area contributed by atoms with E-state index in [0.717, 1.165) is 6.07 Å². The van der Waals surface area contributed by atoms with E-state index in [1.807, 2.05) is 0 Å². The molecule has 7 heteroatoms. The minimum Gasteiger partial charge on any atom is -0.477 e. The van der Waals surface area contributed by atoms with Crippen LogP contribution >= 0.6 is 12.4 Å². The van der Waals surface area contributed by atoms with Gasteiger partial charge < -0.3 is 10.2 Å².